The van der Waals surface area contributed by atoms with Crippen LogP contribution in [0.15, 0.2) is 18.3 Å². The average molecular weight is 197 g/mol. The number of aliphatic hydroxyl groups excluding tert-OH is 1. The van der Waals surface area contributed by atoms with E-state index in [1.807, 2.05) is 0 Å². The van der Waals surface area contributed by atoms with Gasteiger partial charge in [-0.15, -0.1) is 0 Å². The first-order valence-electron chi connectivity index (χ1n) is 4.24. The summed E-state index contributed by atoms with van der Waals surface area (Å²) in [6.07, 6.45) is 0.628. The van der Waals surface area contributed by atoms with E-state index in [1.54, 1.807) is 24.2 Å². The first-order chi connectivity index (χ1) is 6.69. The molecule has 2 unspecified atom stereocenters. The van der Waals surface area contributed by atoms with Gasteiger partial charge in [-0.1, -0.05) is 0 Å². The van der Waals surface area contributed by atoms with Gasteiger partial charge in [-0.05, 0) is 11.2 Å². The van der Waals surface area contributed by atoms with Crippen LogP contribution in [0.1, 0.15) is 18.6 Å². The molecule has 0 fully saturated rings. The molecule has 0 aliphatic rings. The topological polar surface area (TPSA) is 73.4 Å². The van der Waals surface area contributed by atoms with E-state index in [0.29, 0.717) is 11.4 Å². The predicted molar refractivity (Wildman–Crippen MR) is 49.5 cm³/mol. The number of aromatic nitrogens is 1. The Morgan fingerprint density at radius 1 is 1.57 bits per heavy atom. The Hall–Kier alpha value is -1.49. The highest BCUT2D eigenvalue weighted by atomic mass is 16.5. The van der Waals surface area contributed by atoms with Crippen LogP contribution < -0.4 is 9.91 Å². The fourth-order valence-electron chi connectivity index (χ4n) is 1.04. The molecule has 1 aromatic rings. The quantitative estimate of drug-likeness (QED) is 0.673. The molecule has 76 valence electrons. The van der Waals surface area contributed by atoms with Gasteiger partial charge in [0.2, 0.25) is 11.9 Å². The minimum Gasteiger partial charge on any atom is -0.481 e. The van der Waals surface area contributed by atoms with E-state index in [-0.39, 0.29) is 0 Å². The number of methoxy groups -OCH3 is 1. The van der Waals surface area contributed by atoms with Crippen molar-refractivity contribution in [2.45, 2.75) is 19.1 Å². The summed E-state index contributed by atoms with van der Waals surface area (Å²) >= 11 is 0. The number of ether oxygens (including phenoxy) is 1. The van der Waals surface area contributed by atoms with Crippen molar-refractivity contribution in [2.24, 2.45) is 0 Å². The van der Waals surface area contributed by atoms with Crippen molar-refractivity contribution >= 4 is 0 Å². The molecule has 0 bridgehead atoms. The lowest BCUT2D eigenvalue weighted by atomic mass is 10.1. The number of nitrogens with one attached hydrogen (secondary N) is 1. The van der Waals surface area contributed by atoms with E-state index in [0.717, 1.165) is 0 Å². The molecule has 1 aromatic heterocycles. The molecule has 0 aliphatic heterocycles. The molecule has 0 saturated heterocycles. The van der Waals surface area contributed by atoms with Crippen molar-refractivity contribution in [3.8, 4) is 5.88 Å². The summed E-state index contributed by atoms with van der Waals surface area (Å²) < 4.78 is 4.87. The van der Waals surface area contributed by atoms with Gasteiger partial charge in [-0.25, -0.2) is 4.98 Å². The van der Waals surface area contributed by atoms with Crippen molar-refractivity contribution in [3.63, 3.8) is 0 Å². The van der Waals surface area contributed by atoms with Crippen LogP contribution >= 0.6 is 0 Å². The zero-order valence-corrected chi connectivity index (χ0v) is 8.10. The van der Waals surface area contributed by atoms with Gasteiger partial charge in [0.1, 0.15) is 6.10 Å². The second-order valence-electron chi connectivity index (χ2n) is 2.99. The Morgan fingerprint density at radius 2 is 2.29 bits per heavy atom. The van der Waals surface area contributed by atoms with E-state index in [9.17, 15) is 10.0 Å². The monoisotopic (exact) mass is 197 g/mol. The molecule has 0 saturated carbocycles. The zero-order valence-electron chi connectivity index (χ0n) is 8.10. The highest BCUT2D eigenvalue weighted by Gasteiger charge is 2.21. The largest absolute Gasteiger partial charge is 0.481 e. The lowest BCUT2D eigenvalue weighted by Gasteiger charge is -2.08. The van der Waals surface area contributed by atoms with Gasteiger partial charge in [-0.2, -0.15) is 0 Å². The van der Waals surface area contributed by atoms with Gasteiger partial charge in [-0.3, -0.25) is 0 Å². The fourth-order valence-corrected chi connectivity index (χ4v) is 1.04. The molecule has 0 radical (unpaired) electrons. The maximum Gasteiger partial charge on any atom is 0.225 e. The molecule has 0 aliphatic carbocycles. The third kappa shape index (κ3) is 2.26. The molecule has 2 atom stereocenters. The Kier molecular flexibility index (Phi) is 3.53. The van der Waals surface area contributed by atoms with Crippen molar-refractivity contribution in [1.82, 2.24) is 4.98 Å². The second kappa shape index (κ2) is 4.66. The van der Waals surface area contributed by atoms with Crippen LogP contribution in [0.25, 0.3) is 0 Å². The summed E-state index contributed by atoms with van der Waals surface area (Å²) in [5.41, 5.74) is 0.585. The summed E-state index contributed by atoms with van der Waals surface area (Å²) in [5, 5.41) is 11.3. The molecular weight excluding hydrogens is 184 g/mol. The molecule has 0 amide bonds. The summed E-state index contributed by atoms with van der Waals surface area (Å²) in [5.74, 6) is 0.476. The third-order valence-electron chi connectivity index (χ3n) is 1.97. The van der Waals surface area contributed by atoms with Crippen molar-refractivity contribution in [1.29, 1.82) is 0 Å². The van der Waals surface area contributed by atoms with Crippen LogP contribution in [0, 0.1) is 4.91 Å². The van der Waals surface area contributed by atoms with Crippen molar-refractivity contribution < 1.29 is 15.0 Å². The molecule has 2 N–H and O–H groups in total. The number of pyridine rings is 1. The van der Waals surface area contributed by atoms with E-state index in [2.05, 4.69) is 4.98 Å². The molecule has 0 spiro atoms. The van der Waals surface area contributed by atoms with Crippen LogP contribution in [-0.4, -0.2) is 23.2 Å². The fraction of sp³-hybridized carbons (Fsp3) is 0.444. The minimum absolute atomic E-state index is 0.476. The maximum atomic E-state index is 10.3. The van der Waals surface area contributed by atoms with Gasteiger partial charge < -0.3 is 9.84 Å². The van der Waals surface area contributed by atoms with Crippen LogP contribution in [-0.2, 0) is 0 Å². The molecule has 1 rings (SSSR count). The average Bonchev–Trinajstić information content (AvgIpc) is 2.27. The minimum atomic E-state index is -0.856. The van der Waals surface area contributed by atoms with E-state index < -0.39 is 12.1 Å². The number of hydrogen-bond donors (Lipinski definition) is 2. The Balaban J connectivity index is 2.80. The molecule has 5 nitrogen and oxygen atoms in total. The Labute approximate surface area is 81.7 Å². The van der Waals surface area contributed by atoms with Crippen LogP contribution in [0.2, 0.25) is 0 Å². The van der Waals surface area contributed by atoms with Gasteiger partial charge in [0, 0.05) is 29.7 Å². The van der Waals surface area contributed by atoms with Crippen LogP contribution in [0.4, 0.5) is 0 Å². The van der Waals surface area contributed by atoms with Crippen molar-refractivity contribution in [2.75, 3.05) is 7.11 Å². The van der Waals surface area contributed by atoms with Gasteiger partial charge in [0.15, 0.2) is 0 Å². The van der Waals surface area contributed by atoms with Gasteiger partial charge in [0.25, 0.3) is 0 Å². The number of nitrogens with zero attached hydrogens (tertiary/aromatic N) is 1. The summed E-state index contributed by atoms with van der Waals surface area (Å²) in [6, 6.07) is 2.76. The molecule has 14 heavy (non-hydrogen) atoms. The number of rotatable bonds is 4. The van der Waals surface area contributed by atoms with E-state index in [4.69, 9.17) is 4.74 Å². The smallest absolute Gasteiger partial charge is 0.225 e. The normalized spacial score (nSPS) is 14.5. The second-order valence-corrected chi connectivity index (χ2v) is 2.99. The first-order valence-corrected chi connectivity index (χ1v) is 4.24. The summed E-state index contributed by atoms with van der Waals surface area (Å²) in [7, 11) is 1.51. The maximum absolute atomic E-state index is 10.3. The van der Waals surface area contributed by atoms with E-state index in [1.165, 1.54) is 13.3 Å². The Morgan fingerprint density at radius 3 is 2.71 bits per heavy atom. The van der Waals surface area contributed by atoms with Gasteiger partial charge in [0.05, 0.1) is 7.11 Å². The lowest BCUT2D eigenvalue weighted by Crippen LogP contribution is -2.73. The van der Waals surface area contributed by atoms with Crippen LogP contribution in [0.3, 0.4) is 0 Å². The molecule has 0 aromatic carbocycles. The molecular formula is C9H13N2O3+. The molecule has 1 heterocycles. The van der Waals surface area contributed by atoms with Crippen LogP contribution in [0.5, 0.6) is 5.88 Å². The number of aliphatic hydroxyl groups is 1. The van der Waals surface area contributed by atoms with E-state index >= 15 is 0 Å². The lowest BCUT2D eigenvalue weighted by molar-refractivity contribution is -0.534. The predicted octanol–water partition coefficient (Wildman–Crippen LogP) is -0.641. The zero-order chi connectivity index (χ0) is 10.6. The Bertz CT molecular complexity index is 299. The number of hydrogen-bond acceptors (Lipinski definition) is 4. The summed E-state index contributed by atoms with van der Waals surface area (Å²) in [6.45, 7) is 1.60. The highest BCUT2D eigenvalue weighted by Crippen LogP contribution is 2.15. The van der Waals surface area contributed by atoms with Crippen molar-refractivity contribution in [3.05, 3.63) is 28.8 Å². The highest BCUT2D eigenvalue weighted by molar-refractivity contribution is 5.20. The standard InChI is InChI=1S/C9H12N2O3/c1-6(11-13)9(12)7-3-4-8(14-2)10-5-7/h3-6,9,12H,1-2H3/p+1. The molecule has 5 heteroatoms. The van der Waals surface area contributed by atoms with Gasteiger partial charge >= 0.3 is 0 Å². The summed E-state index contributed by atoms with van der Waals surface area (Å²) in [4.78, 5) is 14.2. The number of nitroso groups, excluding NO2 is 1. The first kappa shape index (κ1) is 10.6. The SMILES string of the molecule is COc1ccc(C(O)C(C)[NH+]=O)cn1. The third-order valence-corrected chi connectivity index (χ3v) is 1.97.